The summed E-state index contributed by atoms with van der Waals surface area (Å²) < 4.78 is 20.7. The summed E-state index contributed by atoms with van der Waals surface area (Å²) in [6.45, 7) is 3.26. The van der Waals surface area contributed by atoms with E-state index in [0.29, 0.717) is 11.0 Å². The van der Waals surface area contributed by atoms with Gasteiger partial charge in [0.25, 0.3) is 0 Å². The van der Waals surface area contributed by atoms with Crippen molar-refractivity contribution in [2.24, 2.45) is 0 Å². The molecule has 0 aromatic heterocycles. The molecule has 1 N–H and O–H groups in total. The van der Waals surface area contributed by atoms with Crippen molar-refractivity contribution in [1.29, 1.82) is 0 Å². The van der Waals surface area contributed by atoms with Crippen molar-refractivity contribution in [2.45, 2.75) is 19.9 Å². The van der Waals surface area contributed by atoms with Gasteiger partial charge in [-0.25, -0.2) is 4.39 Å². The molecule has 5 heteroatoms. The molecule has 2 nitrogen and oxygen atoms in total. The van der Waals surface area contributed by atoms with Crippen LogP contribution in [0.25, 0.3) is 0 Å². The molecule has 0 saturated heterocycles. The second kappa shape index (κ2) is 5.97. The standard InChI is InChI=1S/C16H14Br2FNO/c1-9-4-14(19)13(18)7-15(9)20-8-11-6-12(17)5-10-2-3-21-16(10)11/h4-7,20H,2-3,8H2,1H3. The molecule has 0 unspecified atom stereocenters. The molecule has 1 heterocycles. The quantitative estimate of drug-likeness (QED) is 0.744. The molecule has 1 aliphatic rings. The van der Waals surface area contributed by atoms with E-state index in [1.165, 1.54) is 11.6 Å². The molecule has 2 aromatic rings. The van der Waals surface area contributed by atoms with Crippen molar-refractivity contribution in [1.82, 2.24) is 0 Å². The Morgan fingerprint density at radius 1 is 1.24 bits per heavy atom. The van der Waals surface area contributed by atoms with Crippen LogP contribution in [0, 0.1) is 12.7 Å². The van der Waals surface area contributed by atoms with Gasteiger partial charge in [-0.3, -0.25) is 0 Å². The molecule has 0 radical (unpaired) electrons. The SMILES string of the molecule is Cc1cc(F)c(Br)cc1NCc1cc(Br)cc2c1OCC2. The zero-order chi connectivity index (χ0) is 15.0. The van der Waals surface area contributed by atoms with Gasteiger partial charge in [0.15, 0.2) is 0 Å². The van der Waals surface area contributed by atoms with Crippen LogP contribution in [0.3, 0.4) is 0 Å². The van der Waals surface area contributed by atoms with Crippen LogP contribution in [-0.4, -0.2) is 6.61 Å². The predicted octanol–water partition coefficient (Wildman–Crippen LogP) is 5.21. The highest BCUT2D eigenvalue weighted by Gasteiger charge is 2.17. The number of benzene rings is 2. The lowest BCUT2D eigenvalue weighted by Gasteiger charge is -2.13. The van der Waals surface area contributed by atoms with E-state index in [1.54, 1.807) is 6.07 Å². The van der Waals surface area contributed by atoms with Crippen molar-refractivity contribution in [2.75, 3.05) is 11.9 Å². The number of ether oxygens (including phenoxy) is 1. The van der Waals surface area contributed by atoms with Crippen molar-refractivity contribution >= 4 is 37.5 Å². The highest BCUT2D eigenvalue weighted by molar-refractivity contribution is 9.10. The van der Waals surface area contributed by atoms with Gasteiger partial charge in [-0.05, 0) is 58.2 Å². The van der Waals surface area contributed by atoms with Gasteiger partial charge < -0.3 is 10.1 Å². The van der Waals surface area contributed by atoms with Gasteiger partial charge in [0, 0.05) is 28.7 Å². The molecule has 2 aromatic carbocycles. The first-order valence-electron chi connectivity index (χ1n) is 6.68. The molecule has 110 valence electrons. The molecule has 0 atom stereocenters. The molecular formula is C16H14Br2FNO. The number of nitrogens with one attached hydrogen (secondary N) is 1. The summed E-state index contributed by atoms with van der Waals surface area (Å²) in [7, 11) is 0. The lowest BCUT2D eigenvalue weighted by Crippen LogP contribution is -2.03. The number of hydrogen-bond donors (Lipinski definition) is 1. The summed E-state index contributed by atoms with van der Waals surface area (Å²) in [5.74, 6) is 0.731. The highest BCUT2D eigenvalue weighted by Crippen LogP contribution is 2.34. The van der Waals surface area contributed by atoms with Gasteiger partial charge in [0.1, 0.15) is 11.6 Å². The van der Waals surface area contributed by atoms with Crippen molar-refractivity contribution in [3.05, 3.63) is 55.7 Å². The summed E-state index contributed by atoms with van der Waals surface area (Å²) in [4.78, 5) is 0. The van der Waals surface area contributed by atoms with Crippen LogP contribution in [0.2, 0.25) is 0 Å². The van der Waals surface area contributed by atoms with Gasteiger partial charge in [-0.1, -0.05) is 15.9 Å². The molecule has 0 spiro atoms. The van der Waals surface area contributed by atoms with Crippen LogP contribution in [0.1, 0.15) is 16.7 Å². The molecule has 3 rings (SSSR count). The summed E-state index contributed by atoms with van der Waals surface area (Å²) in [6, 6.07) is 7.45. The van der Waals surface area contributed by atoms with Crippen LogP contribution >= 0.6 is 31.9 Å². The number of hydrogen-bond acceptors (Lipinski definition) is 2. The van der Waals surface area contributed by atoms with Crippen LogP contribution in [0.5, 0.6) is 5.75 Å². The van der Waals surface area contributed by atoms with Gasteiger partial charge in [-0.2, -0.15) is 0 Å². The van der Waals surface area contributed by atoms with Crippen LogP contribution in [0.15, 0.2) is 33.2 Å². The second-order valence-corrected chi connectivity index (χ2v) is 6.86. The molecule has 0 saturated carbocycles. The zero-order valence-corrected chi connectivity index (χ0v) is 14.6. The normalized spacial score (nSPS) is 13.0. The molecule has 0 amide bonds. The fourth-order valence-electron chi connectivity index (χ4n) is 2.50. The third kappa shape index (κ3) is 3.09. The predicted molar refractivity (Wildman–Crippen MR) is 89.5 cm³/mol. The number of aryl methyl sites for hydroxylation is 1. The van der Waals surface area contributed by atoms with E-state index in [0.717, 1.165) is 40.1 Å². The topological polar surface area (TPSA) is 21.3 Å². The molecule has 21 heavy (non-hydrogen) atoms. The van der Waals surface area contributed by atoms with E-state index in [9.17, 15) is 4.39 Å². The van der Waals surface area contributed by atoms with Crippen LogP contribution in [-0.2, 0) is 13.0 Å². The lowest BCUT2D eigenvalue weighted by molar-refractivity contribution is 0.354. The fourth-order valence-corrected chi connectivity index (χ4v) is 3.40. The number of rotatable bonds is 3. The third-order valence-electron chi connectivity index (χ3n) is 3.56. The first kappa shape index (κ1) is 14.9. The molecular weight excluding hydrogens is 401 g/mol. The Hall–Kier alpha value is -1.07. The third-order valence-corrected chi connectivity index (χ3v) is 4.63. The first-order chi connectivity index (χ1) is 10.0. The summed E-state index contributed by atoms with van der Waals surface area (Å²) in [6.07, 6.45) is 0.947. The molecule has 0 aliphatic carbocycles. The van der Waals surface area contributed by atoms with E-state index in [-0.39, 0.29) is 5.82 Å². The van der Waals surface area contributed by atoms with Gasteiger partial charge in [0.2, 0.25) is 0 Å². The molecule has 0 bridgehead atoms. The maximum Gasteiger partial charge on any atom is 0.137 e. The van der Waals surface area contributed by atoms with E-state index in [1.807, 2.05) is 6.92 Å². The van der Waals surface area contributed by atoms with Crippen LogP contribution in [0.4, 0.5) is 10.1 Å². The Kier molecular flexibility index (Phi) is 4.22. The van der Waals surface area contributed by atoms with Crippen molar-refractivity contribution < 1.29 is 9.13 Å². The minimum Gasteiger partial charge on any atom is -0.493 e. The Labute approximate surface area is 140 Å². The number of halogens is 3. The Morgan fingerprint density at radius 3 is 2.86 bits per heavy atom. The molecule has 0 fully saturated rings. The Balaban J connectivity index is 1.84. The van der Waals surface area contributed by atoms with E-state index >= 15 is 0 Å². The number of fused-ring (bicyclic) bond motifs is 1. The van der Waals surface area contributed by atoms with E-state index in [4.69, 9.17) is 4.74 Å². The average Bonchev–Trinajstić information content (AvgIpc) is 2.89. The smallest absolute Gasteiger partial charge is 0.137 e. The van der Waals surface area contributed by atoms with Crippen molar-refractivity contribution in [3.63, 3.8) is 0 Å². The second-order valence-electron chi connectivity index (χ2n) is 5.09. The lowest BCUT2D eigenvalue weighted by atomic mass is 10.1. The summed E-state index contributed by atoms with van der Waals surface area (Å²) >= 11 is 6.76. The van der Waals surface area contributed by atoms with E-state index < -0.39 is 0 Å². The first-order valence-corrected chi connectivity index (χ1v) is 8.27. The fraction of sp³-hybridized carbons (Fsp3) is 0.250. The van der Waals surface area contributed by atoms with Gasteiger partial charge in [0.05, 0.1) is 11.1 Å². The van der Waals surface area contributed by atoms with Gasteiger partial charge >= 0.3 is 0 Å². The summed E-state index contributed by atoms with van der Waals surface area (Å²) in [5, 5.41) is 3.36. The minimum absolute atomic E-state index is 0.246. The zero-order valence-electron chi connectivity index (χ0n) is 11.5. The van der Waals surface area contributed by atoms with E-state index in [2.05, 4.69) is 49.3 Å². The maximum absolute atomic E-state index is 13.5. The minimum atomic E-state index is -0.246. The Morgan fingerprint density at radius 2 is 2.05 bits per heavy atom. The van der Waals surface area contributed by atoms with Gasteiger partial charge in [-0.15, -0.1) is 0 Å². The summed E-state index contributed by atoms with van der Waals surface area (Å²) in [5.41, 5.74) is 4.13. The van der Waals surface area contributed by atoms with Crippen molar-refractivity contribution in [3.8, 4) is 5.75 Å². The Bertz CT molecular complexity index is 703. The largest absolute Gasteiger partial charge is 0.493 e. The van der Waals surface area contributed by atoms with Crippen LogP contribution < -0.4 is 10.1 Å². The number of anilines is 1. The monoisotopic (exact) mass is 413 g/mol. The average molecular weight is 415 g/mol. The highest BCUT2D eigenvalue weighted by atomic mass is 79.9. The molecule has 1 aliphatic heterocycles. The maximum atomic E-state index is 13.5.